The smallest absolute Gasteiger partial charge is 0.161 e. The number of nitrogens with zero attached hydrogens (tertiary/aromatic N) is 2. The van der Waals surface area contributed by atoms with Crippen LogP contribution in [0.1, 0.15) is 51.6 Å². The molecule has 1 aromatic carbocycles. The number of fused-ring (bicyclic) bond motifs is 1. The first-order valence-corrected chi connectivity index (χ1v) is 9.70. The van der Waals surface area contributed by atoms with Crippen molar-refractivity contribution in [2.45, 2.75) is 46.1 Å². The van der Waals surface area contributed by atoms with Crippen molar-refractivity contribution in [3.05, 3.63) is 23.8 Å². The van der Waals surface area contributed by atoms with Gasteiger partial charge in [0.05, 0.1) is 19.3 Å². The fraction of sp³-hybridized carbons (Fsp3) is 0.650. The molecular weight excluding hydrogens is 314 g/mol. The summed E-state index contributed by atoms with van der Waals surface area (Å²) in [5.74, 6) is 2.14. The Bertz CT molecular complexity index is 603. The lowest BCUT2D eigenvalue weighted by molar-refractivity contribution is 0.238. The molecule has 1 aromatic rings. The van der Waals surface area contributed by atoms with E-state index in [4.69, 9.17) is 9.47 Å². The molecule has 1 N–H and O–H groups in total. The molecule has 2 aliphatic rings. The number of likely N-dealkylation sites (tertiary alicyclic amines) is 1. The number of rotatable bonds is 8. The van der Waals surface area contributed by atoms with Gasteiger partial charge in [-0.1, -0.05) is 26.3 Å². The summed E-state index contributed by atoms with van der Waals surface area (Å²) in [6.07, 6.45) is 3.26. The Morgan fingerprint density at radius 2 is 2.08 bits per heavy atom. The van der Waals surface area contributed by atoms with Gasteiger partial charge in [0, 0.05) is 31.1 Å². The van der Waals surface area contributed by atoms with Gasteiger partial charge in [-0.15, -0.1) is 0 Å². The standard InChI is InChI=1S/C20H31N3O2/c1-4-7-12-25-18-9-8-15(13-19(18)24-6-3)20-16-14-23(5-2)11-10-17(16)21-22-20/h8-9,13,16,20,22H,4-7,10-12,14H2,1-3H3. The SMILES string of the molecule is CCCCOc1ccc(C2NN=C3CCN(CC)CC32)cc1OCC. The van der Waals surface area contributed by atoms with Crippen LogP contribution in [-0.4, -0.2) is 43.5 Å². The van der Waals surface area contributed by atoms with E-state index in [1.165, 1.54) is 11.3 Å². The fourth-order valence-electron chi connectivity index (χ4n) is 3.64. The highest BCUT2D eigenvalue weighted by Crippen LogP contribution is 2.37. The average Bonchev–Trinajstić information content (AvgIpc) is 3.06. The van der Waals surface area contributed by atoms with E-state index in [2.05, 4.69) is 47.5 Å². The van der Waals surface area contributed by atoms with Gasteiger partial charge in [0.15, 0.2) is 11.5 Å². The number of ether oxygens (including phenoxy) is 2. The van der Waals surface area contributed by atoms with Gasteiger partial charge < -0.3 is 19.8 Å². The largest absolute Gasteiger partial charge is 0.490 e. The van der Waals surface area contributed by atoms with E-state index in [0.717, 1.165) is 57.0 Å². The molecule has 2 atom stereocenters. The van der Waals surface area contributed by atoms with Crippen molar-refractivity contribution in [1.82, 2.24) is 10.3 Å². The van der Waals surface area contributed by atoms with Gasteiger partial charge in [0.25, 0.3) is 0 Å². The number of benzene rings is 1. The summed E-state index contributed by atoms with van der Waals surface area (Å²) in [5.41, 5.74) is 5.91. The van der Waals surface area contributed by atoms with Crippen LogP contribution in [0.4, 0.5) is 0 Å². The lowest BCUT2D eigenvalue weighted by Crippen LogP contribution is -2.41. The molecule has 25 heavy (non-hydrogen) atoms. The van der Waals surface area contributed by atoms with Crippen molar-refractivity contribution in [1.29, 1.82) is 0 Å². The van der Waals surface area contributed by atoms with Crippen molar-refractivity contribution in [3.8, 4) is 11.5 Å². The first-order valence-electron chi connectivity index (χ1n) is 9.70. The van der Waals surface area contributed by atoms with Crippen LogP contribution in [0.5, 0.6) is 11.5 Å². The normalized spacial score (nSPS) is 22.9. The van der Waals surface area contributed by atoms with Gasteiger partial charge in [0.1, 0.15) is 0 Å². The summed E-state index contributed by atoms with van der Waals surface area (Å²) < 4.78 is 11.8. The fourth-order valence-corrected chi connectivity index (χ4v) is 3.64. The van der Waals surface area contributed by atoms with E-state index in [1.807, 2.05) is 6.92 Å². The Labute approximate surface area is 151 Å². The third-order valence-corrected chi connectivity index (χ3v) is 5.15. The van der Waals surface area contributed by atoms with Crippen LogP contribution in [0, 0.1) is 5.92 Å². The molecule has 2 heterocycles. The molecule has 0 amide bonds. The Morgan fingerprint density at radius 1 is 1.20 bits per heavy atom. The number of nitrogens with one attached hydrogen (secondary N) is 1. The monoisotopic (exact) mass is 345 g/mol. The predicted octanol–water partition coefficient (Wildman–Crippen LogP) is 3.61. The summed E-state index contributed by atoms with van der Waals surface area (Å²) in [6, 6.07) is 6.57. The van der Waals surface area contributed by atoms with E-state index in [9.17, 15) is 0 Å². The van der Waals surface area contributed by atoms with E-state index in [0.29, 0.717) is 12.5 Å². The van der Waals surface area contributed by atoms with Crippen LogP contribution < -0.4 is 14.9 Å². The molecule has 0 aliphatic carbocycles. The van der Waals surface area contributed by atoms with Crippen molar-refractivity contribution < 1.29 is 9.47 Å². The second-order valence-corrected chi connectivity index (χ2v) is 6.80. The van der Waals surface area contributed by atoms with Crippen LogP contribution in [0.2, 0.25) is 0 Å². The molecule has 2 unspecified atom stereocenters. The number of hydrogen-bond donors (Lipinski definition) is 1. The molecule has 3 rings (SSSR count). The van der Waals surface area contributed by atoms with Crippen molar-refractivity contribution >= 4 is 5.71 Å². The Morgan fingerprint density at radius 3 is 2.84 bits per heavy atom. The number of hydrazone groups is 1. The van der Waals surface area contributed by atoms with Gasteiger partial charge in [-0.2, -0.15) is 5.10 Å². The van der Waals surface area contributed by atoms with E-state index < -0.39 is 0 Å². The maximum atomic E-state index is 5.91. The molecule has 2 aliphatic heterocycles. The van der Waals surface area contributed by atoms with E-state index >= 15 is 0 Å². The zero-order chi connectivity index (χ0) is 17.6. The van der Waals surface area contributed by atoms with Crippen molar-refractivity contribution in [3.63, 3.8) is 0 Å². The first-order chi connectivity index (χ1) is 12.3. The summed E-state index contributed by atoms with van der Waals surface area (Å²) in [4.78, 5) is 2.51. The lowest BCUT2D eigenvalue weighted by Gasteiger charge is -2.32. The zero-order valence-corrected chi connectivity index (χ0v) is 15.8. The minimum Gasteiger partial charge on any atom is -0.490 e. The highest BCUT2D eigenvalue weighted by Gasteiger charge is 2.36. The van der Waals surface area contributed by atoms with Gasteiger partial charge in [-0.3, -0.25) is 0 Å². The number of unbranched alkanes of at least 4 members (excludes halogenated alkanes) is 1. The highest BCUT2D eigenvalue weighted by atomic mass is 16.5. The van der Waals surface area contributed by atoms with Crippen molar-refractivity contribution in [2.75, 3.05) is 32.8 Å². The molecule has 0 radical (unpaired) electrons. The molecule has 0 spiro atoms. The molecule has 1 saturated heterocycles. The number of hydrogen-bond acceptors (Lipinski definition) is 5. The van der Waals surface area contributed by atoms with Gasteiger partial charge in [-0.05, 0) is 37.6 Å². The Kier molecular flexibility index (Phi) is 6.19. The molecule has 138 valence electrons. The second kappa shape index (κ2) is 8.56. The summed E-state index contributed by atoms with van der Waals surface area (Å²) in [5, 5.41) is 4.61. The van der Waals surface area contributed by atoms with Crippen LogP contribution in [0.15, 0.2) is 23.3 Å². The maximum Gasteiger partial charge on any atom is 0.161 e. The first kappa shape index (κ1) is 18.1. The predicted molar refractivity (Wildman–Crippen MR) is 102 cm³/mol. The molecule has 1 fully saturated rings. The van der Waals surface area contributed by atoms with Crippen LogP contribution >= 0.6 is 0 Å². The molecule has 0 bridgehead atoms. The van der Waals surface area contributed by atoms with E-state index in [1.54, 1.807) is 0 Å². The highest BCUT2D eigenvalue weighted by molar-refractivity contribution is 5.90. The van der Waals surface area contributed by atoms with E-state index in [-0.39, 0.29) is 6.04 Å². The Hall–Kier alpha value is -1.75. The molecule has 0 aromatic heterocycles. The lowest BCUT2D eigenvalue weighted by atomic mass is 9.86. The maximum absolute atomic E-state index is 5.91. The summed E-state index contributed by atoms with van der Waals surface area (Å²) >= 11 is 0. The van der Waals surface area contributed by atoms with Gasteiger partial charge in [-0.25, -0.2) is 0 Å². The molecule has 5 heteroatoms. The molecule has 0 saturated carbocycles. The third-order valence-electron chi connectivity index (χ3n) is 5.15. The Balaban J connectivity index is 1.76. The molecular formula is C20H31N3O2. The van der Waals surface area contributed by atoms with Crippen LogP contribution in [0.3, 0.4) is 0 Å². The van der Waals surface area contributed by atoms with Gasteiger partial charge >= 0.3 is 0 Å². The molecule has 5 nitrogen and oxygen atoms in total. The summed E-state index contributed by atoms with van der Waals surface area (Å²) in [6.45, 7) is 11.1. The van der Waals surface area contributed by atoms with Crippen LogP contribution in [0.25, 0.3) is 0 Å². The minimum atomic E-state index is 0.230. The third kappa shape index (κ3) is 4.09. The van der Waals surface area contributed by atoms with Crippen LogP contribution in [-0.2, 0) is 0 Å². The van der Waals surface area contributed by atoms with Crippen molar-refractivity contribution in [2.24, 2.45) is 11.0 Å². The quantitative estimate of drug-likeness (QED) is 0.731. The van der Waals surface area contributed by atoms with Gasteiger partial charge in [0.2, 0.25) is 0 Å². The average molecular weight is 345 g/mol. The minimum absolute atomic E-state index is 0.230. The summed E-state index contributed by atoms with van der Waals surface area (Å²) in [7, 11) is 0. The topological polar surface area (TPSA) is 46.1 Å². The number of piperidine rings is 1. The zero-order valence-electron chi connectivity index (χ0n) is 15.8. The second-order valence-electron chi connectivity index (χ2n) is 6.80.